The minimum absolute atomic E-state index is 0.144. The third-order valence-corrected chi connectivity index (χ3v) is 4.82. The lowest BCUT2D eigenvalue weighted by Gasteiger charge is -2.06. The highest BCUT2D eigenvalue weighted by Gasteiger charge is 2.10. The summed E-state index contributed by atoms with van der Waals surface area (Å²) in [6.07, 6.45) is 0. The van der Waals surface area contributed by atoms with Gasteiger partial charge in [0, 0.05) is 22.3 Å². The van der Waals surface area contributed by atoms with E-state index >= 15 is 0 Å². The summed E-state index contributed by atoms with van der Waals surface area (Å²) in [6.45, 7) is 0.186. The van der Waals surface area contributed by atoms with E-state index in [-0.39, 0.29) is 24.1 Å². The van der Waals surface area contributed by atoms with Crippen molar-refractivity contribution in [3.05, 3.63) is 64.9 Å². The molecule has 1 heterocycles. The van der Waals surface area contributed by atoms with Gasteiger partial charge in [-0.05, 0) is 36.4 Å². The summed E-state index contributed by atoms with van der Waals surface area (Å²) >= 11 is 7.00. The van der Waals surface area contributed by atoms with Crippen LogP contribution >= 0.6 is 23.4 Å². The molecule has 3 N–H and O–H groups in total. The highest BCUT2D eigenvalue weighted by molar-refractivity contribution is 7.99. The number of aromatic nitrogens is 3. The SMILES string of the molecule is COc1cccc(NC(=O)CSc2n[nH]c(CNC(=O)c3ccc(Cl)cc3)n2)c1. The van der Waals surface area contributed by atoms with Crippen molar-refractivity contribution in [1.82, 2.24) is 20.5 Å². The number of nitrogens with one attached hydrogen (secondary N) is 3. The van der Waals surface area contributed by atoms with Crippen LogP contribution in [-0.4, -0.2) is 39.9 Å². The molecule has 0 saturated heterocycles. The molecule has 3 rings (SSSR count). The first-order chi connectivity index (χ1) is 14.0. The number of hydrogen-bond acceptors (Lipinski definition) is 6. The molecule has 29 heavy (non-hydrogen) atoms. The van der Waals surface area contributed by atoms with Gasteiger partial charge in [0.2, 0.25) is 11.1 Å². The van der Waals surface area contributed by atoms with E-state index in [4.69, 9.17) is 16.3 Å². The van der Waals surface area contributed by atoms with E-state index in [0.29, 0.717) is 33.0 Å². The zero-order valence-electron chi connectivity index (χ0n) is 15.4. The number of hydrogen-bond donors (Lipinski definition) is 3. The van der Waals surface area contributed by atoms with Crippen LogP contribution in [0, 0.1) is 0 Å². The lowest BCUT2D eigenvalue weighted by molar-refractivity contribution is -0.113. The average molecular weight is 432 g/mol. The van der Waals surface area contributed by atoms with Gasteiger partial charge in [-0.2, -0.15) is 0 Å². The number of methoxy groups -OCH3 is 1. The maximum Gasteiger partial charge on any atom is 0.251 e. The van der Waals surface area contributed by atoms with Gasteiger partial charge in [0.05, 0.1) is 19.4 Å². The third-order valence-electron chi connectivity index (χ3n) is 3.72. The van der Waals surface area contributed by atoms with E-state index in [2.05, 4.69) is 25.8 Å². The van der Waals surface area contributed by atoms with Crippen LogP contribution in [-0.2, 0) is 11.3 Å². The second-order valence-electron chi connectivity index (χ2n) is 5.82. The molecule has 0 aliphatic carbocycles. The number of halogens is 1. The first-order valence-electron chi connectivity index (χ1n) is 8.55. The number of nitrogens with zero attached hydrogens (tertiary/aromatic N) is 2. The molecular formula is C19H18ClN5O3S. The summed E-state index contributed by atoms with van der Waals surface area (Å²) in [5.74, 6) is 0.861. The van der Waals surface area contributed by atoms with E-state index in [1.165, 1.54) is 11.8 Å². The van der Waals surface area contributed by atoms with Crippen LogP contribution in [0.15, 0.2) is 53.7 Å². The summed E-state index contributed by atoms with van der Waals surface area (Å²) in [4.78, 5) is 28.4. The molecule has 0 unspecified atom stereocenters. The Bertz CT molecular complexity index is 994. The Morgan fingerprint density at radius 3 is 2.76 bits per heavy atom. The Morgan fingerprint density at radius 2 is 2.00 bits per heavy atom. The van der Waals surface area contributed by atoms with Crippen LogP contribution < -0.4 is 15.4 Å². The molecular weight excluding hydrogens is 414 g/mol. The van der Waals surface area contributed by atoms with Crippen molar-refractivity contribution in [2.45, 2.75) is 11.7 Å². The second kappa shape index (κ2) is 9.94. The zero-order chi connectivity index (χ0) is 20.6. The monoisotopic (exact) mass is 431 g/mol. The number of carbonyl (C=O) groups is 2. The van der Waals surface area contributed by atoms with E-state index in [0.717, 1.165) is 0 Å². The van der Waals surface area contributed by atoms with Crippen molar-refractivity contribution >= 4 is 40.9 Å². The standard InChI is InChI=1S/C19H18ClN5O3S/c1-28-15-4-2-3-14(9-15)22-17(26)11-29-19-23-16(24-25-19)10-21-18(27)12-5-7-13(20)8-6-12/h2-9H,10-11H2,1H3,(H,21,27)(H,22,26)(H,23,24,25). The summed E-state index contributed by atoms with van der Waals surface area (Å²) < 4.78 is 5.13. The van der Waals surface area contributed by atoms with Crippen molar-refractivity contribution < 1.29 is 14.3 Å². The van der Waals surface area contributed by atoms with Crippen molar-refractivity contribution in [1.29, 1.82) is 0 Å². The number of amides is 2. The minimum Gasteiger partial charge on any atom is -0.497 e. The highest BCUT2D eigenvalue weighted by Crippen LogP contribution is 2.18. The predicted molar refractivity (Wildman–Crippen MR) is 111 cm³/mol. The third kappa shape index (κ3) is 6.23. The molecule has 0 radical (unpaired) electrons. The van der Waals surface area contributed by atoms with E-state index < -0.39 is 0 Å². The van der Waals surface area contributed by atoms with Crippen LogP contribution in [0.25, 0.3) is 0 Å². The quantitative estimate of drug-likeness (QED) is 0.473. The van der Waals surface area contributed by atoms with Gasteiger partial charge in [-0.25, -0.2) is 4.98 Å². The van der Waals surface area contributed by atoms with Gasteiger partial charge in [-0.1, -0.05) is 29.4 Å². The lowest BCUT2D eigenvalue weighted by Crippen LogP contribution is -2.23. The molecule has 10 heteroatoms. The number of carbonyl (C=O) groups excluding carboxylic acids is 2. The van der Waals surface area contributed by atoms with Crippen LogP contribution in [0.1, 0.15) is 16.2 Å². The fraction of sp³-hybridized carbons (Fsp3) is 0.158. The van der Waals surface area contributed by atoms with Gasteiger partial charge in [0.25, 0.3) is 5.91 Å². The van der Waals surface area contributed by atoms with Gasteiger partial charge in [0.15, 0.2) is 0 Å². The van der Waals surface area contributed by atoms with Crippen LogP contribution in [0.4, 0.5) is 5.69 Å². The largest absolute Gasteiger partial charge is 0.497 e. The Hall–Kier alpha value is -3.04. The van der Waals surface area contributed by atoms with Gasteiger partial charge in [-0.15, -0.1) is 5.10 Å². The fourth-order valence-corrected chi connectivity index (χ4v) is 3.06. The number of benzene rings is 2. The summed E-state index contributed by atoms with van der Waals surface area (Å²) in [6, 6.07) is 13.7. The number of anilines is 1. The van der Waals surface area contributed by atoms with Gasteiger partial charge < -0.3 is 15.4 Å². The Labute approximate surface area is 176 Å². The Morgan fingerprint density at radius 1 is 1.21 bits per heavy atom. The molecule has 0 bridgehead atoms. The van der Waals surface area contributed by atoms with Gasteiger partial charge in [-0.3, -0.25) is 14.7 Å². The molecule has 2 aromatic carbocycles. The molecule has 0 fully saturated rings. The van der Waals surface area contributed by atoms with Crippen molar-refractivity contribution in [3.63, 3.8) is 0 Å². The number of rotatable bonds is 8. The van der Waals surface area contributed by atoms with Crippen LogP contribution in [0.5, 0.6) is 5.75 Å². The number of ether oxygens (including phenoxy) is 1. The maximum atomic E-state index is 12.1. The molecule has 2 amide bonds. The first kappa shape index (κ1) is 20.7. The molecule has 0 spiro atoms. The topological polar surface area (TPSA) is 109 Å². The van der Waals surface area contributed by atoms with Gasteiger partial charge in [0.1, 0.15) is 11.6 Å². The van der Waals surface area contributed by atoms with Crippen molar-refractivity contribution in [2.24, 2.45) is 0 Å². The summed E-state index contributed by atoms with van der Waals surface area (Å²) in [7, 11) is 1.56. The predicted octanol–water partition coefficient (Wildman–Crippen LogP) is 3.13. The maximum absolute atomic E-state index is 12.1. The molecule has 150 valence electrons. The molecule has 0 aliphatic rings. The normalized spacial score (nSPS) is 10.4. The van der Waals surface area contributed by atoms with Gasteiger partial charge >= 0.3 is 0 Å². The molecule has 8 nitrogen and oxygen atoms in total. The Kier molecular flexibility index (Phi) is 7.09. The van der Waals surface area contributed by atoms with E-state index in [1.54, 1.807) is 55.6 Å². The molecule has 1 aromatic heterocycles. The highest BCUT2D eigenvalue weighted by atomic mass is 35.5. The summed E-state index contributed by atoms with van der Waals surface area (Å²) in [5, 5.41) is 13.3. The molecule has 0 atom stereocenters. The fourth-order valence-electron chi connectivity index (χ4n) is 2.32. The molecule has 0 saturated carbocycles. The van der Waals surface area contributed by atoms with E-state index in [1.807, 2.05) is 0 Å². The van der Waals surface area contributed by atoms with E-state index in [9.17, 15) is 9.59 Å². The number of aromatic amines is 1. The lowest BCUT2D eigenvalue weighted by atomic mass is 10.2. The van der Waals surface area contributed by atoms with Crippen LogP contribution in [0.2, 0.25) is 5.02 Å². The second-order valence-corrected chi connectivity index (χ2v) is 7.20. The van der Waals surface area contributed by atoms with Crippen LogP contribution in [0.3, 0.4) is 0 Å². The molecule has 0 aliphatic heterocycles. The van der Waals surface area contributed by atoms with Crippen molar-refractivity contribution in [3.8, 4) is 5.75 Å². The number of thioether (sulfide) groups is 1. The first-order valence-corrected chi connectivity index (χ1v) is 9.91. The average Bonchev–Trinajstić information content (AvgIpc) is 3.19. The Balaban J connectivity index is 1.45. The van der Waals surface area contributed by atoms with Crippen molar-refractivity contribution in [2.75, 3.05) is 18.2 Å². The number of H-pyrrole nitrogens is 1. The smallest absolute Gasteiger partial charge is 0.251 e. The minimum atomic E-state index is -0.245. The molecule has 3 aromatic rings. The summed E-state index contributed by atoms with van der Waals surface area (Å²) in [5.41, 5.74) is 1.15. The zero-order valence-corrected chi connectivity index (χ0v) is 17.0.